The Morgan fingerprint density at radius 1 is 1.17 bits per heavy atom. The van der Waals surface area contributed by atoms with E-state index in [2.05, 4.69) is 19.2 Å². The highest BCUT2D eigenvalue weighted by Crippen LogP contribution is 2.19. The maximum absolute atomic E-state index is 12.2. The summed E-state index contributed by atoms with van der Waals surface area (Å²) in [6.45, 7) is 6.26. The Bertz CT molecular complexity index is 505. The summed E-state index contributed by atoms with van der Waals surface area (Å²) in [6.07, 6.45) is 3.11. The van der Waals surface area contributed by atoms with Crippen LogP contribution in [0.5, 0.6) is 0 Å². The zero-order valence-corrected chi connectivity index (χ0v) is 14.3. The molecule has 0 spiro atoms. The lowest BCUT2D eigenvalue weighted by molar-refractivity contribution is -0.135. The van der Waals surface area contributed by atoms with Crippen LogP contribution >= 0.6 is 0 Å². The Hall–Kier alpha value is -1.84. The predicted molar refractivity (Wildman–Crippen MR) is 91.7 cm³/mol. The Labute approximate surface area is 139 Å². The second kappa shape index (κ2) is 8.70. The van der Waals surface area contributed by atoms with E-state index in [4.69, 9.17) is 0 Å². The highest BCUT2D eigenvalue weighted by atomic mass is 16.2. The molecule has 0 bridgehead atoms. The molecule has 0 saturated carbocycles. The number of hydrogen-bond acceptors (Lipinski definition) is 2. The lowest BCUT2D eigenvalue weighted by atomic mass is 9.95. The van der Waals surface area contributed by atoms with Gasteiger partial charge in [-0.15, -0.1) is 0 Å². The third-order valence-electron chi connectivity index (χ3n) is 4.46. The van der Waals surface area contributed by atoms with Crippen LogP contribution in [0, 0.1) is 11.8 Å². The number of amides is 2. The van der Waals surface area contributed by atoms with Gasteiger partial charge in [-0.3, -0.25) is 9.59 Å². The van der Waals surface area contributed by atoms with Crippen LogP contribution in [0.3, 0.4) is 0 Å². The summed E-state index contributed by atoms with van der Waals surface area (Å²) in [4.78, 5) is 26.3. The standard InChI is InChI=1S/C19H28N2O2/c1-15(2)8-9-18(22)21-12-10-17(11-13-21)19(23)20-14-16-6-4-3-5-7-16/h3-7,15,17H,8-14H2,1-2H3,(H,20,23). The minimum absolute atomic E-state index is 0.0351. The third-order valence-corrected chi connectivity index (χ3v) is 4.46. The Morgan fingerprint density at radius 3 is 2.43 bits per heavy atom. The molecule has 1 N–H and O–H groups in total. The van der Waals surface area contributed by atoms with Crippen molar-refractivity contribution in [1.82, 2.24) is 10.2 Å². The van der Waals surface area contributed by atoms with Crippen LogP contribution in [0.1, 0.15) is 45.1 Å². The van der Waals surface area contributed by atoms with E-state index in [1.54, 1.807) is 0 Å². The molecule has 0 atom stereocenters. The van der Waals surface area contributed by atoms with Gasteiger partial charge in [-0.25, -0.2) is 0 Å². The smallest absolute Gasteiger partial charge is 0.223 e. The maximum atomic E-state index is 12.2. The maximum Gasteiger partial charge on any atom is 0.223 e. The molecule has 1 heterocycles. The Kier molecular flexibility index (Phi) is 6.63. The second-order valence-corrected chi connectivity index (χ2v) is 6.79. The molecule has 4 nitrogen and oxygen atoms in total. The molecule has 0 aliphatic carbocycles. The van der Waals surface area contributed by atoms with Gasteiger partial charge in [0.1, 0.15) is 0 Å². The first-order valence-electron chi connectivity index (χ1n) is 8.65. The van der Waals surface area contributed by atoms with Crippen molar-refractivity contribution in [2.45, 2.75) is 46.1 Å². The molecule has 0 radical (unpaired) electrons. The number of nitrogens with zero attached hydrogens (tertiary/aromatic N) is 1. The van der Waals surface area contributed by atoms with Crippen molar-refractivity contribution in [2.24, 2.45) is 11.8 Å². The average molecular weight is 316 g/mol. The third kappa shape index (κ3) is 5.70. The molecular formula is C19H28N2O2. The van der Waals surface area contributed by atoms with Gasteiger partial charge >= 0.3 is 0 Å². The molecule has 126 valence electrons. The summed E-state index contributed by atoms with van der Waals surface area (Å²) in [5.74, 6) is 0.943. The zero-order valence-electron chi connectivity index (χ0n) is 14.3. The summed E-state index contributed by atoms with van der Waals surface area (Å²) in [7, 11) is 0. The predicted octanol–water partition coefficient (Wildman–Crippen LogP) is 2.98. The van der Waals surface area contributed by atoms with Crippen molar-refractivity contribution in [3.8, 4) is 0 Å². The van der Waals surface area contributed by atoms with Crippen LogP contribution in [-0.4, -0.2) is 29.8 Å². The lowest BCUT2D eigenvalue weighted by Crippen LogP contribution is -2.42. The summed E-state index contributed by atoms with van der Waals surface area (Å²) in [6, 6.07) is 9.94. The quantitative estimate of drug-likeness (QED) is 0.877. The SMILES string of the molecule is CC(C)CCC(=O)N1CCC(C(=O)NCc2ccccc2)CC1. The van der Waals surface area contributed by atoms with Crippen molar-refractivity contribution >= 4 is 11.8 Å². The first-order chi connectivity index (χ1) is 11.1. The molecule has 1 aliphatic rings. The van der Waals surface area contributed by atoms with Gasteiger partial charge in [0.25, 0.3) is 0 Å². The summed E-state index contributed by atoms with van der Waals surface area (Å²) in [5.41, 5.74) is 1.11. The van der Waals surface area contributed by atoms with E-state index in [0.29, 0.717) is 32.0 Å². The van der Waals surface area contributed by atoms with Gasteiger partial charge in [0.05, 0.1) is 0 Å². The fourth-order valence-electron chi connectivity index (χ4n) is 2.89. The molecule has 1 aromatic rings. The molecule has 2 rings (SSSR count). The molecular weight excluding hydrogens is 288 g/mol. The molecule has 2 amide bonds. The normalized spacial score (nSPS) is 15.7. The number of likely N-dealkylation sites (tertiary alicyclic amines) is 1. The van der Waals surface area contributed by atoms with Gasteiger partial charge in [0.15, 0.2) is 0 Å². The largest absolute Gasteiger partial charge is 0.352 e. The van der Waals surface area contributed by atoms with E-state index in [1.165, 1.54) is 0 Å². The van der Waals surface area contributed by atoms with Gasteiger partial charge in [-0.2, -0.15) is 0 Å². The average Bonchev–Trinajstić information content (AvgIpc) is 2.58. The number of piperidine rings is 1. The fraction of sp³-hybridized carbons (Fsp3) is 0.579. The monoisotopic (exact) mass is 316 g/mol. The Morgan fingerprint density at radius 2 is 1.83 bits per heavy atom. The molecule has 1 aromatic carbocycles. The van der Waals surface area contributed by atoms with Gasteiger partial charge in [0, 0.05) is 32.0 Å². The fourth-order valence-corrected chi connectivity index (χ4v) is 2.89. The Balaban J connectivity index is 1.71. The first kappa shape index (κ1) is 17.5. The topological polar surface area (TPSA) is 49.4 Å². The zero-order chi connectivity index (χ0) is 16.7. The van der Waals surface area contributed by atoms with E-state index >= 15 is 0 Å². The molecule has 1 saturated heterocycles. The highest BCUT2D eigenvalue weighted by Gasteiger charge is 2.26. The number of hydrogen-bond donors (Lipinski definition) is 1. The van der Waals surface area contributed by atoms with Gasteiger partial charge in [-0.1, -0.05) is 44.2 Å². The number of carbonyl (C=O) groups is 2. The van der Waals surface area contributed by atoms with Crippen LogP contribution in [0.25, 0.3) is 0 Å². The second-order valence-electron chi connectivity index (χ2n) is 6.79. The van der Waals surface area contributed by atoms with E-state index in [9.17, 15) is 9.59 Å². The number of carbonyl (C=O) groups excluding carboxylic acids is 2. The van der Waals surface area contributed by atoms with E-state index in [0.717, 1.165) is 24.8 Å². The summed E-state index contributed by atoms with van der Waals surface area (Å²) < 4.78 is 0. The summed E-state index contributed by atoms with van der Waals surface area (Å²) >= 11 is 0. The van der Waals surface area contributed by atoms with Crippen LogP contribution in [0.15, 0.2) is 30.3 Å². The molecule has 1 aliphatic heterocycles. The number of nitrogens with one attached hydrogen (secondary N) is 1. The van der Waals surface area contributed by atoms with E-state index < -0.39 is 0 Å². The van der Waals surface area contributed by atoms with Gasteiger partial charge < -0.3 is 10.2 Å². The molecule has 0 unspecified atom stereocenters. The van der Waals surface area contributed by atoms with Crippen molar-refractivity contribution < 1.29 is 9.59 Å². The van der Waals surface area contributed by atoms with E-state index in [-0.39, 0.29) is 17.7 Å². The highest BCUT2D eigenvalue weighted by molar-refractivity contribution is 5.80. The number of rotatable bonds is 6. The minimum Gasteiger partial charge on any atom is -0.352 e. The van der Waals surface area contributed by atoms with Gasteiger partial charge in [0.2, 0.25) is 11.8 Å². The van der Waals surface area contributed by atoms with Crippen molar-refractivity contribution in [3.63, 3.8) is 0 Å². The lowest BCUT2D eigenvalue weighted by Gasteiger charge is -2.31. The first-order valence-corrected chi connectivity index (χ1v) is 8.65. The molecule has 23 heavy (non-hydrogen) atoms. The summed E-state index contributed by atoms with van der Waals surface area (Å²) in [5, 5.41) is 3.01. The van der Waals surface area contributed by atoms with Crippen molar-refractivity contribution in [2.75, 3.05) is 13.1 Å². The van der Waals surface area contributed by atoms with E-state index in [1.807, 2.05) is 35.2 Å². The van der Waals surface area contributed by atoms with Crippen LogP contribution in [0.2, 0.25) is 0 Å². The van der Waals surface area contributed by atoms with Crippen molar-refractivity contribution in [3.05, 3.63) is 35.9 Å². The molecule has 0 aromatic heterocycles. The minimum atomic E-state index is 0.0351. The van der Waals surface area contributed by atoms with Crippen molar-refractivity contribution in [1.29, 1.82) is 0 Å². The van der Waals surface area contributed by atoms with Crippen LogP contribution < -0.4 is 5.32 Å². The molecule has 4 heteroatoms. The number of benzene rings is 1. The van der Waals surface area contributed by atoms with Crippen LogP contribution in [-0.2, 0) is 16.1 Å². The van der Waals surface area contributed by atoms with Crippen LogP contribution in [0.4, 0.5) is 0 Å². The molecule has 1 fully saturated rings. The van der Waals surface area contributed by atoms with Gasteiger partial charge in [-0.05, 0) is 30.7 Å².